The number of hydrogen-bond donors (Lipinski definition) is 1. The van der Waals surface area contributed by atoms with Crippen molar-refractivity contribution in [1.82, 2.24) is 9.99 Å². The van der Waals surface area contributed by atoms with Crippen molar-refractivity contribution in [2.24, 2.45) is 11.8 Å². The smallest absolute Gasteiger partial charge is 0.272 e. The lowest BCUT2D eigenvalue weighted by Crippen LogP contribution is -2.36. The maximum absolute atomic E-state index is 12.7. The number of imide groups is 1. The van der Waals surface area contributed by atoms with Crippen molar-refractivity contribution in [1.29, 1.82) is 0 Å². The fraction of sp³-hybridized carbons (Fsp3) is 0.417. The summed E-state index contributed by atoms with van der Waals surface area (Å²) in [6, 6.07) is 0.732. The Kier molecular flexibility index (Phi) is 4.40. The highest BCUT2D eigenvalue weighted by molar-refractivity contribution is 9.10. The molecule has 1 aromatic rings. The summed E-state index contributed by atoms with van der Waals surface area (Å²) in [6.07, 6.45) is -4.66. The Morgan fingerprint density at radius 1 is 1.27 bits per heavy atom. The average molecular weight is 401 g/mol. The number of halogens is 5. The summed E-state index contributed by atoms with van der Waals surface area (Å²) < 4.78 is 38.1. The molecule has 1 aromatic heterocycles. The highest BCUT2D eigenvalue weighted by Gasteiger charge is 2.43. The van der Waals surface area contributed by atoms with E-state index in [1.165, 1.54) is 0 Å². The van der Waals surface area contributed by atoms with E-state index < -0.39 is 40.5 Å². The second kappa shape index (κ2) is 5.69. The third-order valence-electron chi connectivity index (χ3n) is 3.42. The first-order valence-electron chi connectivity index (χ1n) is 6.11. The highest BCUT2D eigenvalue weighted by atomic mass is 79.9. The van der Waals surface area contributed by atoms with E-state index in [0.717, 1.165) is 11.1 Å². The number of nitrogens with one attached hydrogen (secondary N) is 1. The summed E-state index contributed by atoms with van der Waals surface area (Å²) in [5.74, 6) is -2.17. The van der Waals surface area contributed by atoms with E-state index in [0.29, 0.717) is 0 Å². The van der Waals surface area contributed by atoms with E-state index in [1.807, 2.05) is 0 Å². The summed E-state index contributed by atoms with van der Waals surface area (Å²) >= 11 is 8.44. The van der Waals surface area contributed by atoms with Crippen LogP contribution < -0.4 is 5.43 Å². The number of anilines is 1. The molecule has 2 unspecified atom stereocenters. The van der Waals surface area contributed by atoms with E-state index in [9.17, 15) is 22.8 Å². The van der Waals surface area contributed by atoms with Crippen LogP contribution in [0.2, 0.25) is 5.15 Å². The predicted octanol–water partition coefficient (Wildman–Crippen LogP) is 3.48. The Balaban J connectivity index is 2.34. The highest BCUT2D eigenvalue weighted by Crippen LogP contribution is 2.38. The fourth-order valence-corrected chi connectivity index (χ4v) is 2.56. The van der Waals surface area contributed by atoms with Crippen LogP contribution in [0, 0.1) is 11.8 Å². The van der Waals surface area contributed by atoms with Gasteiger partial charge >= 0.3 is 6.18 Å². The minimum Gasteiger partial charge on any atom is -0.272 e. The molecule has 1 aliphatic heterocycles. The number of pyridine rings is 1. The summed E-state index contributed by atoms with van der Waals surface area (Å²) in [7, 11) is 0. The molecular weight excluding hydrogens is 391 g/mol. The molecule has 1 N–H and O–H groups in total. The molecule has 2 heterocycles. The molecular formula is C12H10BrClF3N3O2. The van der Waals surface area contributed by atoms with Gasteiger partial charge in [0.05, 0.1) is 10.0 Å². The fourth-order valence-electron chi connectivity index (χ4n) is 1.90. The molecule has 0 spiro atoms. The van der Waals surface area contributed by atoms with Crippen LogP contribution in [0.4, 0.5) is 19.0 Å². The Hall–Kier alpha value is -1.35. The summed E-state index contributed by atoms with van der Waals surface area (Å²) in [5.41, 5.74) is 1.30. The number of alkyl halides is 3. The van der Waals surface area contributed by atoms with Gasteiger partial charge in [-0.2, -0.15) is 18.2 Å². The van der Waals surface area contributed by atoms with Crippen molar-refractivity contribution >= 4 is 45.2 Å². The number of carbonyl (C=O) groups is 2. The maximum Gasteiger partial charge on any atom is 0.419 e. The van der Waals surface area contributed by atoms with Gasteiger partial charge in [0.25, 0.3) is 11.8 Å². The maximum atomic E-state index is 12.7. The van der Waals surface area contributed by atoms with E-state index in [1.54, 1.807) is 13.8 Å². The molecule has 0 radical (unpaired) electrons. The topological polar surface area (TPSA) is 62.3 Å². The third-order valence-corrected chi connectivity index (χ3v) is 4.32. The minimum absolute atomic E-state index is 0.0722. The van der Waals surface area contributed by atoms with Gasteiger partial charge in [0, 0.05) is 11.8 Å². The number of hydrogen-bond acceptors (Lipinski definition) is 4. The van der Waals surface area contributed by atoms with Crippen molar-refractivity contribution in [2.45, 2.75) is 20.0 Å². The lowest BCUT2D eigenvalue weighted by Gasteiger charge is -2.18. The summed E-state index contributed by atoms with van der Waals surface area (Å²) in [5, 5.41) is -0.0372. The van der Waals surface area contributed by atoms with Crippen molar-refractivity contribution in [3.8, 4) is 0 Å². The molecule has 2 atom stereocenters. The van der Waals surface area contributed by atoms with E-state index in [2.05, 4.69) is 26.3 Å². The number of aromatic nitrogens is 1. The van der Waals surface area contributed by atoms with Crippen molar-refractivity contribution in [2.75, 3.05) is 5.43 Å². The van der Waals surface area contributed by atoms with Crippen LogP contribution in [0.25, 0.3) is 0 Å². The molecule has 120 valence electrons. The van der Waals surface area contributed by atoms with Crippen molar-refractivity contribution < 1.29 is 22.8 Å². The van der Waals surface area contributed by atoms with Gasteiger partial charge in [-0.05, 0) is 22.0 Å². The van der Waals surface area contributed by atoms with Crippen LogP contribution >= 0.6 is 27.5 Å². The molecule has 1 saturated heterocycles. The lowest BCUT2D eigenvalue weighted by atomic mass is 10.00. The SMILES string of the molecule is CC1C(=O)N(Nc2nc(Cl)c(C(F)(F)F)cc2Br)C(=O)C1C. The van der Waals surface area contributed by atoms with E-state index >= 15 is 0 Å². The molecule has 0 saturated carbocycles. The first-order valence-corrected chi connectivity index (χ1v) is 7.28. The van der Waals surface area contributed by atoms with Crippen LogP contribution in [0.15, 0.2) is 10.5 Å². The summed E-state index contributed by atoms with van der Waals surface area (Å²) in [4.78, 5) is 27.4. The largest absolute Gasteiger partial charge is 0.419 e. The number of amides is 2. The van der Waals surface area contributed by atoms with Gasteiger partial charge in [0.15, 0.2) is 5.82 Å². The molecule has 2 rings (SSSR count). The number of hydrazine groups is 1. The monoisotopic (exact) mass is 399 g/mol. The zero-order valence-corrected chi connectivity index (χ0v) is 13.7. The molecule has 1 aliphatic rings. The molecule has 0 aromatic carbocycles. The predicted molar refractivity (Wildman–Crippen MR) is 75.8 cm³/mol. The van der Waals surface area contributed by atoms with Crippen LogP contribution in [0.3, 0.4) is 0 Å². The van der Waals surface area contributed by atoms with Gasteiger partial charge in [-0.1, -0.05) is 25.4 Å². The molecule has 2 amide bonds. The second-order valence-electron chi connectivity index (χ2n) is 4.86. The Morgan fingerprint density at radius 2 is 1.77 bits per heavy atom. The van der Waals surface area contributed by atoms with E-state index in [4.69, 9.17) is 11.6 Å². The Bertz CT molecular complexity index is 633. The van der Waals surface area contributed by atoms with Gasteiger partial charge in [0.2, 0.25) is 0 Å². The summed E-state index contributed by atoms with van der Waals surface area (Å²) in [6.45, 7) is 3.18. The van der Waals surface area contributed by atoms with Crippen molar-refractivity contribution in [3.63, 3.8) is 0 Å². The van der Waals surface area contributed by atoms with Gasteiger partial charge < -0.3 is 0 Å². The molecule has 0 aliphatic carbocycles. The first kappa shape index (κ1) is 17.0. The average Bonchev–Trinajstić information content (AvgIpc) is 2.59. The van der Waals surface area contributed by atoms with Crippen LogP contribution in [-0.2, 0) is 15.8 Å². The van der Waals surface area contributed by atoms with Crippen molar-refractivity contribution in [3.05, 3.63) is 21.3 Å². The molecule has 0 bridgehead atoms. The number of carbonyl (C=O) groups excluding carboxylic acids is 2. The zero-order chi connectivity index (χ0) is 16.8. The second-order valence-corrected chi connectivity index (χ2v) is 6.07. The molecule has 22 heavy (non-hydrogen) atoms. The van der Waals surface area contributed by atoms with Gasteiger partial charge in [0.1, 0.15) is 5.15 Å². The number of nitrogens with zero attached hydrogens (tertiary/aromatic N) is 2. The Labute approximate surface area is 136 Å². The van der Waals surface area contributed by atoms with Crippen LogP contribution in [-0.4, -0.2) is 21.8 Å². The third kappa shape index (κ3) is 2.91. The Morgan fingerprint density at radius 3 is 2.23 bits per heavy atom. The number of rotatable bonds is 2. The molecule has 1 fully saturated rings. The van der Waals surface area contributed by atoms with Crippen LogP contribution in [0.5, 0.6) is 0 Å². The minimum atomic E-state index is -4.66. The standard InChI is InChI=1S/C12H10BrClF3N3O2/c1-4-5(2)11(22)20(10(4)21)19-9-7(13)3-6(8(14)18-9)12(15,16)17/h3-5H,1-2H3,(H,18,19). The molecule has 10 heteroatoms. The zero-order valence-electron chi connectivity index (χ0n) is 11.3. The quantitative estimate of drug-likeness (QED) is 0.610. The first-order chi connectivity index (χ1) is 10.0. The van der Waals surface area contributed by atoms with E-state index in [-0.39, 0.29) is 10.3 Å². The van der Waals surface area contributed by atoms with Gasteiger partial charge in [-0.15, -0.1) is 0 Å². The van der Waals surface area contributed by atoms with Crippen LogP contribution in [0.1, 0.15) is 19.4 Å². The lowest BCUT2D eigenvalue weighted by molar-refractivity contribution is -0.139. The normalized spacial score (nSPS) is 22.4. The van der Waals surface area contributed by atoms with Gasteiger partial charge in [-0.3, -0.25) is 15.0 Å². The van der Waals surface area contributed by atoms with Gasteiger partial charge in [-0.25, -0.2) is 4.98 Å². The molecule has 5 nitrogen and oxygen atoms in total.